The summed E-state index contributed by atoms with van der Waals surface area (Å²) in [7, 11) is 0. The summed E-state index contributed by atoms with van der Waals surface area (Å²) in [5, 5.41) is 12.2. The summed E-state index contributed by atoms with van der Waals surface area (Å²) >= 11 is 0. The molecule has 0 aliphatic rings. The van der Waals surface area contributed by atoms with Crippen molar-refractivity contribution in [3.05, 3.63) is 0 Å². The zero-order valence-electron chi connectivity index (χ0n) is 10.3. The largest absolute Gasteiger partial charge is 0.480 e. The number of aliphatic carboxylic acids is 1. The molecule has 0 bridgehead atoms. The molecule has 1 atom stereocenters. The normalized spacial score (nSPS) is 13.2. The number of rotatable bonds is 8. The Kier molecular flexibility index (Phi) is 7.17. The Morgan fingerprint density at radius 2 is 1.89 bits per heavy atom. The van der Waals surface area contributed by atoms with E-state index >= 15 is 0 Å². The lowest BCUT2D eigenvalue weighted by Crippen LogP contribution is -2.50. The van der Waals surface area contributed by atoms with Gasteiger partial charge in [0.15, 0.2) is 0 Å². The average Bonchev–Trinajstić information content (AvgIpc) is 2.31. The Balaban J connectivity index is 4.24. The van der Waals surface area contributed by atoms with Crippen LogP contribution < -0.4 is 10.6 Å². The highest BCUT2D eigenvalue weighted by atomic mass is 19.3. The monoisotopic (exact) mass is 288 g/mol. The van der Waals surface area contributed by atoms with Crippen LogP contribution in [0.3, 0.4) is 0 Å². The van der Waals surface area contributed by atoms with E-state index in [0.29, 0.717) is 12.8 Å². The van der Waals surface area contributed by atoms with Crippen molar-refractivity contribution in [1.29, 1.82) is 0 Å². The first-order valence-corrected chi connectivity index (χ1v) is 5.63. The van der Waals surface area contributed by atoms with Gasteiger partial charge in [0.2, 0.25) is 0 Å². The minimum atomic E-state index is -4.35. The third-order valence-corrected chi connectivity index (χ3v) is 2.25. The predicted octanol–water partition coefficient (Wildman–Crippen LogP) is 1.83. The van der Waals surface area contributed by atoms with Gasteiger partial charge >= 0.3 is 24.3 Å². The van der Waals surface area contributed by atoms with Gasteiger partial charge in [-0.25, -0.2) is 18.4 Å². The van der Waals surface area contributed by atoms with E-state index in [4.69, 9.17) is 5.11 Å². The second-order valence-electron chi connectivity index (χ2n) is 3.92. The highest BCUT2D eigenvalue weighted by Crippen LogP contribution is 2.21. The molecule has 0 aliphatic heterocycles. The fraction of sp³-hybridized carbons (Fsp3) is 0.800. The number of hydrogen-bond donors (Lipinski definition) is 3. The van der Waals surface area contributed by atoms with Crippen molar-refractivity contribution in [2.75, 3.05) is 6.54 Å². The number of carboxylic acids is 1. The van der Waals surface area contributed by atoms with Gasteiger partial charge in [0.25, 0.3) is 0 Å². The third-order valence-electron chi connectivity index (χ3n) is 2.25. The number of urea groups is 1. The zero-order valence-corrected chi connectivity index (χ0v) is 10.3. The number of alkyl halides is 4. The molecule has 5 nitrogen and oxygen atoms in total. The van der Waals surface area contributed by atoms with E-state index < -0.39 is 36.9 Å². The molecule has 0 aromatic heterocycles. The lowest BCUT2D eigenvalue weighted by atomic mass is 10.1. The molecule has 0 aromatic carbocycles. The summed E-state index contributed by atoms with van der Waals surface area (Å²) in [5.41, 5.74) is 0. The van der Waals surface area contributed by atoms with Crippen LogP contribution in [-0.2, 0) is 4.79 Å². The molecule has 112 valence electrons. The van der Waals surface area contributed by atoms with Crippen LogP contribution in [0.5, 0.6) is 0 Å². The molecular weight excluding hydrogens is 272 g/mol. The summed E-state index contributed by atoms with van der Waals surface area (Å²) in [4.78, 5) is 21.9. The molecule has 2 amide bonds. The van der Waals surface area contributed by atoms with Crippen LogP contribution in [0.1, 0.15) is 26.2 Å². The fourth-order valence-corrected chi connectivity index (χ4v) is 1.15. The molecule has 19 heavy (non-hydrogen) atoms. The van der Waals surface area contributed by atoms with Crippen LogP contribution in [0.2, 0.25) is 0 Å². The van der Waals surface area contributed by atoms with E-state index in [1.807, 2.05) is 12.2 Å². The molecule has 0 radical (unpaired) electrons. The topological polar surface area (TPSA) is 78.4 Å². The molecule has 0 saturated carbocycles. The van der Waals surface area contributed by atoms with Gasteiger partial charge in [0.1, 0.15) is 6.04 Å². The summed E-state index contributed by atoms with van der Waals surface area (Å²) in [6, 6.07) is -2.45. The Labute approximate surface area is 107 Å². The first-order chi connectivity index (χ1) is 8.70. The van der Waals surface area contributed by atoms with Gasteiger partial charge in [-0.3, -0.25) is 0 Å². The van der Waals surface area contributed by atoms with Crippen LogP contribution in [-0.4, -0.2) is 42.0 Å². The number of halogens is 4. The minimum Gasteiger partial charge on any atom is -0.480 e. The molecule has 0 unspecified atom stereocenters. The number of carboxylic acid groups (broad SMARTS) is 1. The second kappa shape index (κ2) is 7.80. The number of amides is 2. The summed E-state index contributed by atoms with van der Waals surface area (Å²) in [5.74, 6) is -5.66. The standard InChI is InChI=1S/C10H16F4N2O3/c1-2-3-4-6(7(17)18)16-9(19)15-5-10(13,14)8(11)12/h6,8H,2-5H2,1H3,(H,17,18)(H2,15,16,19)/t6-/m0/s1. The molecule has 0 saturated heterocycles. The van der Waals surface area contributed by atoms with Crippen molar-refractivity contribution in [3.63, 3.8) is 0 Å². The smallest absolute Gasteiger partial charge is 0.326 e. The van der Waals surface area contributed by atoms with Crippen molar-refractivity contribution >= 4 is 12.0 Å². The van der Waals surface area contributed by atoms with E-state index in [1.54, 1.807) is 0 Å². The van der Waals surface area contributed by atoms with Crippen molar-refractivity contribution in [2.24, 2.45) is 0 Å². The zero-order chi connectivity index (χ0) is 15.1. The molecule has 9 heteroatoms. The van der Waals surface area contributed by atoms with Gasteiger partial charge in [-0.15, -0.1) is 0 Å². The number of carbonyl (C=O) groups excluding carboxylic acids is 1. The minimum absolute atomic E-state index is 0.129. The Morgan fingerprint density at radius 1 is 1.32 bits per heavy atom. The summed E-state index contributed by atoms with van der Waals surface area (Å²) < 4.78 is 48.6. The molecular formula is C10H16F4N2O3. The lowest BCUT2D eigenvalue weighted by molar-refractivity contribution is -0.139. The predicted molar refractivity (Wildman–Crippen MR) is 58.4 cm³/mol. The van der Waals surface area contributed by atoms with E-state index in [-0.39, 0.29) is 6.42 Å². The number of hydrogen-bond acceptors (Lipinski definition) is 2. The molecule has 3 N–H and O–H groups in total. The Morgan fingerprint density at radius 3 is 2.32 bits per heavy atom. The van der Waals surface area contributed by atoms with Crippen LogP contribution in [0.25, 0.3) is 0 Å². The molecule has 0 aromatic rings. The second-order valence-corrected chi connectivity index (χ2v) is 3.92. The maximum atomic E-state index is 12.5. The van der Waals surface area contributed by atoms with Crippen molar-refractivity contribution in [3.8, 4) is 0 Å². The van der Waals surface area contributed by atoms with Crippen LogP contribution >= 0.6 is 0 Å². The maximum Gasteiger partial charge on any atom is 0.326 e. The van der Waals surface area contributed by atoms with E-state index in [0.717, 1.165) is 0 Å². The van der Waals surface area contributed by atoms with Crippen LogP contribution in [0.4, 0.5) is 22.4 Å². The average molecular weight is 288 g/mol. The van der Waals surface area contributed by atoms with Gasteiger partial charge in [-0.1, -0.05) is 19.8 Å². The molecule has 0 spiro atoms. The van der Waals surface area contributed by atoms with Gasteiger partial charge in [-0.05, 0) is 6.42 Å². The number of carbonyl (C=O) groups is 2. The maximum absolute atomic E-state index is 12.5. The Bertz CT molecular complexity index is 313. The lowest BCUT2D eigenvalue weighted by Gasteiger charge is -2.18. The first kappa shape index (κ1) is 17.5. The number of nitrogens with one attached hydrogen (secondary N) is 2. The van der Waals surface area contributed by atoms with Gasteiger partial charge in [-0.2, -0.15) is 8.78 Å². The first-order valence-electron chi connectivity index (χ1n) is 5.63. The molecule has 0 rings (SSSR count). The van der Waals surface area contributed by atoms with Gasteiger partial charge < -0.3 is 15.7 Å². The van der Waals surface area contributed by atoms with E-state index in [2.05, 4.69) is 0 Å². The quantitative estimate of drug-likeness (QED) is 0.596. The van der Waals surface area contributed by atoms with Crippen molar-refractivity contribution < 1.29 is 32.3 Å². The summed E-state index contributed by atoms with van der Waals surface area (Å²) in [6.07, 6.45) is -2.56. The number of unbranched alkanes of at least 4 members (excludes halogenated alkanes) is 1. The Hall–Kier alpha value is -1.54. The highest BCUT2D eigenvalue weighted by Gasteiger charge is 2.41. The fourth-order valence-electron chi connectivity index (χ4n) is 1.15. The third kappa shape index (κ3) is 6.82. The van der Waals surface area contributed by atoms with E-state index in [9.17, 15) is 27.2 Å². The van der Waals surface area contributed by atoms with Crippen molar-refractivity contribution in [2.45, 2.75) is 44.6 Å². The molecule has 0 heterocycles. The van der Waals surface area contributed by atoms with Crippen LogP contribution in [0.15, 0.2) is 0 Å². The summed E-state index contributed by atoms with van der Waals surface area (Å²) in [6.45, 7) is 0.249. The van der Waals surface area contributed by atoms with E-state index in [1.165, 1.54) is 5.32 Å². The highest BCUT2D eigenvalue weighted by molar-refractivity contribution is 5.82. The van der Waals surface area contributed by atoms with Crippen molar-refractivity contribution in [1.82, 2.24) is 10.6 Å². The molecule has 0 fully saturated rings. The van der Waals surface area contributed by atoms with Gasteiger partial charge in [0.05, 0.1) is 6.54 Å². The van der Waals surface area contributed by atoms with Gasteiger partial charge in [0, 0.05) is 0 Å². The van der Waals surface area contributed by atoms with Crippen LogP contribution in [0, 0.1) is 0 Å². The molecule has 0 aliphatic carbocycles. The SMILES string of the molecule is CCCC[C@H](NC(=O)NCC(F)(F)C(F)F)C(=O)O.